The molecule has 2 N–H and O–H groups in total. The summed E-state index contributed by atoms with van der Waals surface area (Å²) < 4.78 is 6.14. The summed E-state index contributed by atoms with van der Waals surface area (Å²) in [4.78, 5) is 0. The smallest absolute Gasteiger partial charge is 0.132 e. The Labute approximate surface area is 131 Å². The Morgan fingerprint density at radius 1 is 1.10 bits per heavy atom. The van der Waals surface area contributed by atoms with E-state index in [9.17, 15) is 0 Å². The molecular formula is C18H22ClNO. The quantitative estimate of drug-likeness (QED) is 0.867. The van der Waals surface area contributed by atoms with Gasteiger partial charge in [0.2, 0.25) is 0 Å². The third-order valence-corrected chi connectivity index (χ3v) is 3.79. The first kappa shape index (κ1) is 15.9. The Morgan fingerprint density at radius 2 is 1.81 bits per heavy atom. The molecule has 0 aromatic heterocycles. The van der Waals surface area contributed by atoms with Crippen LogP contribution >= 0.6 is 11.6 Å². The van der Waals surface area contributed by atoms with Gasteiger partial charge >= 0.3 is 0 Å². The van der Waals surface area contributed by atoms with Crippen LogP contribution in [-0.4, -0.2) is 6.04 Å². The topological polar surface area (TPSA) is 35.2 Å². The lowest BCUT2D eigenvalue weighted by Gasteiger charge is -2.16. The van der Waals surface area contributed by atoms with Gasteiger partial charge in [0, 0.05) is 11.1 Å². The molecule has 0 aliphatic heterocycles. The molecule has 2 aromatic carbocycles. The van der Waals surface area contributed by atoms with Crippen LogP contribution in [0.15, 0.2) is 30.3 Å². The van der Waals surface area contributed by atoms with Crippen LogP contribution in [0.25, 0.3) is 0 Å². The molecule has 1 unspecified atom stereocenters. The first-order chi connectivity index (χ1) is 9.86. The van der Waals surface area contributed by atoms with Gasteiger partial charge in [0.15, 0.2) is 0 Å². The zero-order chi connectivity index (χ0) is 15.6. The zero-order valence-electron chi connectivity index (χ0n) is 13.0. The molecule has 21 heavy (non-hydrogen) atoms. The predicted molar refractivity (Wildman–Crippen MR) is 89.5 cm³/mol. The van der Waals surface area contributed by atoms with E-state index in [4.69, 9.17) is 22.1 Å². The molecule has 112 valence electrons. The van der Waals surface area contributed by atoms with E-state index in [-0.39, 0.29) is 6.04 Å². The molecule has 2 aromatic rings. The lowest BCUT2D eigenvalue weighted by Crippen LogP contribution is -2.18. The van der Waals surface area contributed by atoms with E-state index in [1.54, 1.807) is 0 Å². The van der Waals surface area contributed by atoms with E-state index in [0.717, 1.165) is 29.0 Å². The van der Waals surface area contributed by atoms with Gasteiger partial charge in [-0.25, -0.2) is 0 Å². The molecule has 0 bridgehead atoms. The molecule has 3 heteroatoms. The maximum absolute atomic E-state index is 6.14. The summed E-state index contributed by atoms with van der Waals surface area (Å²) in [6.07, 6.45) is 0.760. The third kappa shape index (κ3) is 3.99. The molecule has 0 aliphatic rings. The Balaban J connectivity index is 2.41. The number of halogens is 1. The molecule has 1 atom stereocenters. The fourth-order valence-electron chi connectivity index (χ4n) is 2.36. The van der Waals surface area contributed by atoms with Gasteiger partial charge in [0.1, 0.15) is 11.5 Å². The molecule has 0 saturated carbocycles. The molecule has 0 amide bonds. The summed E-state index contributed by atoms with van der Waals surface area (Å²) in [5, 5.41) is 0.667. The summed E-state index contributed by atoms with van der Waals surface area (Å²) in [5.41, 5.74) is 10.5. The number of rotatable bonds is 4. The average molecular weight is 304 g/mol. The van der Waals surface area contributed by atoms with Crippen LogP contribution in [0.3, 0.4) is 0 Å². The van der Waals surface area contributed by atoms with Crippen molar-refractivity contribution in [2.75, 3.05) is 0 Å². The number of hydrogen-bond acceptors (Lipinski definition) is 2. The van der Waals surface area contributed by atoms with Crippen molar-refractivity contribution < 1.29 is 4.74 Å². The Morgan fingerprint density at radius 3 is 2.48 bits per heavy atom. The van der Waals surface area contributed by atoms with Crippen molar-refractivity contribution in [3.05, 3.63) is 57.6 Å². The van der Waals surface area contributed by atoms with Crippen molar-refractivity contribution in [1.29, 1.82) is 0 Å². The van der Waals surface area contributed by atoms with E-state index >= 15 is 0 Å². The van der Waals surface area contributed by atoms with Crippen molar-refractivity contribution in [3.8, 4) is 11.5 Å². The standard InChI is InChI=1S/C18H22ClNO/c1-11-7-12(2)14(4)17(8-11)21-18-10-16(19)6-5-15(18)9-13(3)20/h5-8,10,13H,9,20H2,1-4H3. The van der Waals surface area contributed by atoms with Gasteiger partial charge in [-0.2, -0.15) is 0 Å². The highest BCUT2D eigenvalue weighted by molar-refractivity contribution is 6.30. The zero-order valence-corrected chi connectivity index (χ0v) is 13.8. The maximum atomic E-state index is 6.14. The number of benzene rings is 2. The largest absolute Gasteiger partial charge is 0.457 e. The van der Waals surface area contributed by atoms with Crippen molar-refractivity contribution in [1.82, 2.24) is 0 Å². The first-order valence-corrected chi connectivity index (χ1v) is 7.54. The summed E-state index contributed by atoms with van der Waals surface area (Å²) in [6, 6.07) is 10.0. The van der Waals surface area contributed by atoms with Crippen LogP contribution in [0.5, 0.6) is 11.5 Å². The second-order valence-electron chi connectivity index (χ2n) is 5.74. The summed E-state index contributed by atoms with van der Waals surface area (Å²) >= 11 is 6.11. The second kappa shape index (κ2) is 6.50. The molecule has 0 spiro atoms. The van der Waals surface area contributed by atoms with Gasteiger partial charge in [0.25, 0.3) is 0 Å². The van der Waals surface area contributed by atoms with Gasteiger partial charge in [-0.15, -0.1) is 0 Å². The van der Waals surface area contributed by atoms with Crippen LogP contribution in [-0.2, 0) is 6.42 Å². The fraction of sp³-hybridized carbons (Fsp3) is 0.333. The van der Waals surface area contributed by atoms with E-state index < -0.39 is 0 Å². The molecule has 0 radical (unpaired) electrons. The normalized spacial score (nSPS) is 12.3. The summed E-state index contributed by atoms with van der Waals surface area (Å²) in [5.74, 6) is 1.66. The SMILES string of the molecule is Cc1cc(C)c(C)c(Oc2cc(Cl)ccc2CC(C)N)c1. The van der Waals surface area contributed by atoms with Crippen LogP contribution < -0.4 is 10.5 Å². The van der Waals surface area contributed by atoms with Crippen LogP contribution in [0.1, 0.15) is 29.2 Å². The molecule has 0 fully saturated rings. The maximum Gasteiger partial charge on any atom is 0.132 e. The van der Waals surface area contributed by atoms with Gasteiger partial charge in [0.05, 0.1) is 0 Å². The first-order valence-electron chi connectivity index (χ1n) is 7.16. The minimum Gasteiger partial charge on any atom is -0.457 e. The van der Waals surface area contributed by atoms with Gasteiger partial charge in [-0.3, -0.25) is 0 Å². The highest BCUT2D eigenvalue weighted by Gasteiger charge is 2.11. The van der Waals surface area contributed by atoms with Crippen molar-refractivity contribution in [3.63, 3.8) is 0 Å². The van der Waals surface area contributed by atoms with Crippen LogP contribution in [0.2, 0.25) is 5.02 Å². The Kier molecular flexibility index (Phi) is 4.92. The molecule has 0 heterocycles. The van der Waals surface area contributed by atoms with E-state index in [1.165, 1.54) is 11.1 Å². The minimum atomic E-state index is 0.0777. The average Bonchev–Trinajstić information content (AvgIpc) is 2.38. The lowest BCUT2D eigenvalue weighted by molar-refractivity contribution is 0.469. The lowest BCUT2D eigenvalue weighted by atomic mass is 10.0. The predicted octanol–water partition coefficient (Wildman–Crippen LogP) is 4.95. The molecule has 0 aliphatic carbocycles. The van der Waals surface area contributed by atoms with E-state index in [1.807, 2.05) is 25.1 Å². The van der Waals surface area contributed by atoms with Crippen molar-refractivity contribution in [2.45, 2.75) is 40.2 Å². The Hall–Kier alpha value is -1.51. The summed E-state index contributed by atoms with van der Waals surface area (Å²) in [6.45, 7) is 8.22. The molecule has 2 rings (SSSR count). The summed E-state index contributed by atoms with van der Waals surface area (Å²) in [7, 11) is 0. The Bertz CT molecular complexity index is 650. The van der Waals surface area contributed by atoms with Gasteiger partial charge in [-0.05, 0) is 74.6 Å². The number of ether oxygens (including phenoxy) is 1. The van der Waals surface area contributed by atoms with Crippen LogP contribution in [0.4, 0.5) is 0 Å². The number of aryl methyl sites for hydroxylation is 2. The number of nitrogens with two attached hydrogens (primary N) is 1. The molecule has 2 nitrogen and oxygen atoms in total. The minimum absolute atomic E-state index is 0.0777. The van der Waals surface area contributed by atoms with E-state index in [0.29, 0.717) is 5.02 Å². The fourth-order valence-corrected chi connectivity index (χ4v) is 2.53. The molecule has 0 saturated heterocycles. The van der Waals surface area contributed by atoms with Crippen molar-refractivity contribution >= 4 is 11.6 Å². The van der Waals surface area contributed by atoms with Gasteiger partial charge < -0.3 is 10.5 Å². The highest BCUT2D eigenvalue weighted by Crippen LogP contribution is 2.32. The number of hydrogen-bond donors (Lipinski definition) is 1. The van der Waals surface area contributed by atoms with Crippen LogP contribution in [0, 0.1) is 20.8 Å². The third-order valence-electron chi connectivity index (χ3n) is 3.56. The highest BCUT2D eigenvalue weighted by atomic mass is 35.5. The monoisotopic (exact) mass is 303 g/mol. The second-order valence-corrected chi connectivity index (χ2v) is 6.18. The van der Waals surface area contributed by atoms with Gasteiger partial charge in [-0.1, -0.05) is 23.7 Å². The molecular weight excluding hydrogens is 282 g/mol. The van der Waals surface area contributed by atoms with Crippen molar-refractivity contribution in [2.24, 2.45) is 5.73 Å². The van der Waals surface area contributed by atoms with E-state index in [2.05, 4.69) is 32.9 Å².